The summed E-state index contributed by atoms with van der Waals surface area (Å²) in [5.74, 6) is 0. The van der Waals surface area contributed by atoms with E-state index < -0.39 is 0 Å². The van der Waals surface area contributed by atoms with Gasteiger partial charge >= 0.3 is 0 Å². The summed E-state index contributed by atoms with van der Waals surface area (Å²) in [5.41, 5.74) is 7.37. The van der Waals surface area contributed by atoms with Crippen molar-refractivity contribution < 1.29 is 4.74 Å². The van der Waals surface area contributed by atoms with Crippen molar-refractivity contribution in [2.45, 2.75) is 26.7 Å². The van der Waals surface area contributed by atoms with Gasteiger partial charge in [-0.2, -0.15) is 10.2 Å². The summed E-state index contributed by atoms with van der Waals surface area (Å²) in [7, 11) is 0. The van der Waals surface area contributed by atoms with Gasteiger partial charge in [0.1, 0.15) is 0 Å². The van der Waals surface area contributed by atoms with E-state index in [1.165, 1.54) is 28.1 Å². The van der Waals surface area contributed by atoms with Crippen LogP contribution >= 0.6 is 11.6 Å². The smallest absolute Gasteiger partial charge is 0.0642 e. The van der Waals surface area contributed by atoms with Crippen LogP contribution in [0.5, 0.6) is 0 Å². The zero-order valence-corrected chi connectivity index (χ0v) is 20.8. The third-order valence-electron chi connectivity index (χ3n) is 6.32. The summed E-state index contributed by atoms with van der Waals surface area (Å²) in [6, 6.07) is 16.5. The van der Waals surface area contributed by atoms with Gasteiger partial charge in [0.2, 0.25) is 0 Å². The molecule has 0 aromatic heterocycles. The van der Waals surface area contributed by atoms with Gasteiger partial charge in [-0.1, -0.05) is 35.9 Å². The first-order valence-electron chi connectivity index (χ1n) is 12.1. The van der Waals surface area contributed by atoms with Gasteiger partial charge in [0.25, 0.3) is 0 Å². The van der Waals surface area contributed by atoms with Crippen LogP contribution in [0.3, 0.4) is 0 Å². The summed E-state index contributed by atoms with van der Waals surface area (Å²) in [6.45, 7) is 9.74. The number of benzene rings is 2. The van der Waals surface area contributed by atoms with Crippen molar-refractivity contribution in [2.24, 2.45) is 10.2 Å². The first kappa shape index (κ1) is 24.2. The van der Waals surface area contributed by atoms with E-state index in [1.807, 2.05) is 30.5 Å². The zero-order valence-electron chi connectivity index (χ0n) is 20.1. The van der Waals surface area contributed by atoms with Gasteiger partial charge < -0.3 is 14.5 Å². The average Bonchev–Trinajstić information content (AvgIpc) is 3.27. The highest BCUT2D eigenvalue weighted by Crippen LogP contribution is 2.35. The van der Waals surface area contributed by atoms with Crippen molar-refractivity contribution in [2.75, 3.05) is 44.3 Å². The lowest BCUT2D eigenvalue weighted by atomic mass is 10.1. The van der Waals surface area contributed by atoms with Gasteiger partial charge in [0.05, 0.1) is 25.6 Å². The van der Waals surface area contributed by atoms with Crippen molar-refractivity contribution in [1.82, 2.24) is 4.90 Å². The molecule has 2 aliphatic rings. The van der Waals surface area contributed by atoms with E-state index in [1.54, 1.807) is 6.21 Å². The number of allylic oxidation sites excluding steroid dienone is 2. The number of anilines is 1. The zero-order chi connectivity index (χ0) is 23.8. The highest BCUT2D eigenvalue weighted by Gasteiger charge is 2.25. The molecule has 0 atom stereocenters. The molecule has 2 aromatic carbocycles. The second-order valence-electron chi connectivity index (χ2n) is 8.45. The third-order valence-corrected chi connectivity index (χ3v) is 6.57. The van der Waals surface area contributed by atoms with Gasteiger partial charge in [-0.3, -0.25) is 0 Å². The topological polar surface area (TPSA) is 40.4 Å². The molecule has 0 saturated carbocycles. The Balaban J connectivity index is 1.56. The maximum Gasteiger partial charge on any atom is 0.0642 e. The van der Waals surface area contributed by atoms with E-state index in [0.717, 1.165) is 57.8 Å². The molecule has 0 radical (unpaired) electrons. The highest BCUT2D eigenvalue weighted by molar-refractivity contribution is 6.30. The maximum atomic E-state index is 5.95. The molecule has 5 nitrogen and oxygen atoms in total. The van der Waals surface area contributed by atoms with Crippen LogP contribution in [0.2, 0.25) is 5.02 Å². The molecule has 0 N–H and O–H groups in total. The Hall–Kier alpha value is -2.89. The minimum Gasteiger partial charge on any atom is -0.378 e. The Labute approximate surface area is 208 Å². The first-order valence-corrected chi connectivity index (χ1v) is 12.5. The molecule has 0 spiro atoms. The summed E-state index contributed by atoms with van der Waals surface area (Å²) < 4.78 is 5.61. The number of ether oxygens (including phenoxy) is 1. The Kier molecular flexibility index (Phi) is 8.56. The number of hydrogen-bond donors (Lipinski definition) is 0. The molecular weight excluding hydrogens is 444 g/mol. The highest BCUT2D eigenvalue weighted by atomic mass is 35.5. The standard InChI is InChI=1S/C28H33ClN4O/c1-3-32(4-2)27-13-7-22(8-14-27)19-24-9-10-25(28(24)33-15-17-34-18-16-33)21-31-30-20-23-5-11-26(29)12-6-23/h5-8,11-14,19-21H,3-4,9-10,15-18H2,1-2H3/b24-19+,30-20+,31-21+. The molecule has 1 aliphatic heterocycles. The number of hydrogen-bond acceptors (Lipinski definition) is 5. The van der Waals surface area contributed by atoms with E-state index in [0.29, 0.717) is 5.02 Å². The Bertz CT molecular complexity index is 1060. The van der Waals surface area contributed by atoms with Crippen molar-refractivity contribution in [3.8, 4) is 0 Å². The summed E-state index contributed by atoms with van der Waals surface area (Å²) >= 11 is 5.95. The van der Waals surface area contributed by atoms with E-state index in [-0.39, 0.29) is 0 Å². The molecule has 4 rings (SSSR count). The predicted octanol–water partition coefficient (Wildman–Crippen LogP) is 6.05. The molecule has 1 heterocycles. The molecule has 1 aliphatic carbocycles. The summed E-state index contributed by atoms with van der Waals surface area (Å²) in [6.07, 6.45) is 7.98. The Morgan fingerprint density at radius 3 is 2.21 bits per heavy atom. The number of rotatable bonds is 8. The lowest BCUT2D eigenvalue weighted by molar-refractivity contribution is 0.0548. The third kappa shape index (κ3) is 6.16. The van der Waals surface area contributed by atoms with E-state index in [2.05, 4.69) is 64.2 Å². The van der Waals surface area contributed by atoms with Crippen LogP contribution in [0.15, 0.2) is 75.6 Å². The summed E-state index contributed by atoms with van der Waals surface area (Å²) in [4.78, 5) is 4.81. The van der Waals surface area contributed by atoms with Crippen molar-refractivity contribution in [3.05, 3.63) is 81.5 Å². The van der Waals surface area contributed by atoms with E-state index in [4.69, 9.17) is 16.3 Å². The fourth-order valence-electron chi connectivity index (χ4n) is 4.49. The largest absolute Gasteiger partial charge is 0.378 e. The molecule has 6 heteroatoms. The predicted molar refractivity (Wildman–Crippen MR) is 144 cm³/mol. The van der Waals surface area contributed by atoms with Crippen LogP contribution in [0.1, 0.15) is 37.8 Å². The molecule has 0 bridgehead atoms. The minimum atomic E-state index is 0.717. The van der Waals surface area contributed by atoms with Crippen LogP contribution in [0.4, 0.5) is 5.69 Å². The van der Waals surface area contributed by atoms with Crippen LogP contribution < -0.4 is 4.90 Å². The average molecular weight is 477 g/mol. The molecule has 178 valence electrons. The molecular formula is C28H33ClN4O. The molecule has 2 aromatic rings. The SMILES string of the molecule is CCN(CC)c1ccc(/C=C2\CCC(/C=N/N=C/c3ccc(Cl)cc3)=C2N2CCOCC2)cc1. The molecule has 1 saturated heterocycles. The van der Waals surface area contributed by atoms with Gasteiger partial charge in [-0.05, 0) is 79.3 Å². The fraction of sp³-hybridized carbons (Fsp3) is 0.357. The second-order valence-corrected chi connectivity index (χ2v) is 8.88. The Morgan fingerprint density at radius 2 is 1.53 bits per heavy atom. The van der Waals surface area contributed by atoms with Crippen molar-refractivity contribution in [3.63, 3.8) is 0 Å². The van der Waals surface area contributed by atoms with Crippen LogP contribution in [0, 0.1) is 0 Å². The van der Waals surface area contributed by atoms with Crippen molar-refractivity contribution >= 4 is 35.8 Å². The Morgan fingerprint density at radius 1 is 0.882 bits per heavy atom. The van der Waals surface area contributed by atoms with Crippen LogP contribution in [-0.4, -0.2) is 56.7 Å². The summed E-state index contributed by atoms with van der Waals surface area (Å²) in [5, 5.41) is 9.35. The monoisotopic (exact) mass is 476 g/mol. The second kappa shape index (κ2) is 12.0. The normalized spacial score (nSPS) is 18.1. The van der Waals surface area contributed by atoms with Crippen LogP contribution in [-0.2, 0) is 4.74 Å². The number of nitrogens with zero attached hydrogens (tertiary/aromatic N) is 4. The molecule has 1 fully saturated rings. The molecule has 0 unspecified atom stereocenters. The first-order chi connectivity index (χ1) is 16.7. The number of halogens is 1. The van der Waals surface area contributed by atoms with E-state index in [9.17, 15) is 0 Å². The molecule has 34 heavy (non-hydrogen) atoms. The lowest BCUT2D eigenvalue weighted by Gasteiger charge is -2.31. The van der Waals surface area contributed by atoms with E-state index >= 15 is 0 Å². The minimum absolute atomic E-state index is 0.717. The molecule has 0 amide bonds. The fourth-order valence-corrected chi connectivity index (χ4v) is 4.62. The quantitative estimate of drug-likeness (QED) is 0.343. The van der Waals surface area contributed by atoms with Gasteiger partial charge in [-0.15, -0.1) is 0 Å². The van der Waals surface area contributed by atoms with Gasteiger partial charge in [-0.25, -0.2) is 0 Å². The van der Waals surface area contributed by atoms with Crippen LogP contribution in [0.25, 0.3) is 6.08 Å². The van der Waals surface area contributed by atoms with Crippen molar-refractivity contribution in [1.29, 1.82) is 0 Å². The van der Waals surface area contributed by atoms with Gasteiger partial charge in [0, 0.05) is 42.6 Å². The van der Waals surface area contributed by atoms with Gasteiger partial charge in [0.15, 0.2) is 0 Å². The lowest BCUT2D eigenvalue weighted by Crippen LogP contribution is -2.36. The number of morpholine rings is 1. The maximum absolute atomic E-state index is 5.95.